The van der Waals surface area contributed by atoms with E-state index in [0.29, 0.717) is 0 Å². The van der Waals surface area contributed by atoms with Crippen LogP contribution < -0.4 is 0 Å². The minimum absolute atomic E-state index is 0.778. The van der Waals surface area contributed by atoms with Crippen molar-refractivity contribution in [2.24, 2.45) is 11.8 Å². The zero-order valence-electron chi connectivity index (χ0n) is 7.26. The quantitative estimate of drug-likeness (QED) is 0.417. The van der Waals surface area contributed by atoms with Gasteiger partial charge in [0.2, 0.25) is 0 Å². The van der Waals surface area contributed by atoms with E-state index < -0.39 is 0 Å². The normalized spacial score (nSPS) is 32.4. The first-order valence-corrected chi connectivity index (χ1v) is 4.62. The largest absolute Gasteiger partial charge is 0.103 e. The Morgan fingerprint density at radius 3 is 1.64 bits per heavy atom. The number of hydrogen-bond acceptors (Lipinski definition) is 0. The Balaban J connectivity index is 2.38. The van der Waals surface area contributed by atoms with Crippen LogP contribution in [0.15, 0.2) is 25.3 Å². The molecule has 2 unspecified atom stereocenters. The minimum atomic E-state index is 0.778. The van der Waals surface area contributed by atoms with Gasteiger partial charge in [0.15, 0.2) is 0 Å². The van der Waals surface area contributed by atoms with Crippen molar-refractivity contribution >= 4 is 0 Å². The molecule has 1 fully saturated rings. The number of allylic oxidation sites excluding steroid dienone is 2. The molecular formula is C11H18. The summed E-state index contributed by atoms with van der Waals surface area (Å²) in [5.41, 5.74) is 0. The van der Waals surface area contributed by atoms with Gasteiger partial charge in [-0.25, -0.2) is 0 Å². The van der Waals surface area contributed by atoms with E-state index in [1.54, 1.807) is 0 Å². The van der Waals surface area contributed by atoms with E-state index in [-0.39, 0.29) is 0 Å². The molecule has 2 atom stereocenters. The summed E-state index contributed by atoms with van der Waals surface area (Å²) in [6.45, 7) is 7.70. The van der Waals surface area contributed by atoms with Crippen LogP contribution >= 0.6 is 0 Å². The molecule has 62 valence electrons. The maximum Gasteiger partial charge on any atom is -0.0236 e. The summed E-state index contributed by atoms with van der Waals surface area (Å²) < 4.78 is 0. The molecular weight excluding hydrogens is 132 g/mol. The van der Waals surface area contributed by atoms with Crippen molar-refractivity contribution in [3.63, 3.8) is 0 Å². The van der Waals surface area contributed by atoms with Crippen LogP contribution in [0.1, 0.15) is 32.1 Å². The molecule has 11 heavy (non-hydrogen) atoms. The molecule has 0 heteroatoms. The average Bonchev–Trinajstić information content (AvgIpc) is 2.28. The van der Waals surface area contributed by atoms with Crippen LogP contribution in [0.3, 0.4) is 0 Å². The second-order valence-corrected chi connectivity index (χ2v) is 3.50. The van der Waals surface area contributed by atoms with E-state index in [4.69, 9.17) is 0 Å². The van der Waals surface area contributed by atoms with Crippen LogP contribution in [-0.2, 0) is 0 Å². The van der Waals surface area contributed by atoms with Crippen LogP contribution in [0.4, 0.5) is 0 Å². The molecule has 0 aromatic carbocycles. The fourth-order valence-electron chi connectivity index (χ4n) is 1.83. The molecule has 1 saturated carbocycles. The van der Waals surface area contributed by atoms with Gasteiger partial charge in [-0.1, -0.05) is 18.6 Å². The summed E-state index contributed by atoms with van der Waals surface area (Å²) in [5.74, 6) is 1.56. The third-order valence-corrected chi connectivity index (χ3v) is 2.72. The third kappa shape index (κ3) is 2.53. The topological polar surface area (TPSA) is 0 Å². The van der Waals surface area contributed by atoms with Crippen LogP contribution in [-0.4, -0.2) is 0 Å². The molecule has 0 bridgehead atoms. The van der Waals surface area contributed by atoms with Crippen LogP contribution in [0.2, 0.25) is 0 Å². The Labute approximate surface area is 70.0 Å². The Hall–Kier alpha value is -0.520. The summed E-state index contributed by atoms with van der Waals surface area (Å²) in [6, 6.07) is 0. The Kier molecular flexibility index (Phi) is 3.41. The first-order chi connectivity index (χ1) is 5.36. The van der Waals surface area contributed by atoms with Crippen LogP contribution in [0.25, 0.3) is 0 Å². The van der Waals surface area contributed by atoms with Crippen molar-refractivity contribution in [3.8, 4) is 0 Å². The second-order valence-electron chi connectivity index (χ2n) is 3.50. The predicted octanol–water partition coefficient (Wildman–Crippen LogP) is 3.55. The molecule has 1 aliphatic carbocycles. The molecule has 0 heterocycles. The second kappa shape index (κ2) is 4.38. The Morgan fingerprint density at radius 2 is 1.27 bits per heavy atom. The molecule has 0 spiro atoms. The average molecular weight is 150 g/mol. The van der Waals surface area contributed by atoms with Gasteiger partial charge in [0.1, 0.15) is 0 Å². The lowest BCUT2D eigenvalue weighted by atomic mass is 9.98. The van der Waals surface area contributed by atoms with Crippen LogP contribution in [0.5, 0.6) is 0 Å². The molecule has 0 aromatic rings. The third-order valence-electron chi connectivity index (χ3n) is 2.72. The van der Waals surface area contributed by atoms with E-state index in [0.717, 1.165) is 11.8 Å². The highest BCUT2D eigenvalue weighted by Crippen LogP contribution is 2.27. The molecule has 0 N–H and O–H groups in total. The lowest BCUT2D eigenvalue weighted by Crippen LogP contribution is -1.94. The van der Waals surface area contributed by atoms with Crippen molar-refractivity contribution in [2.45, 2.75) is 32.1 Å². The van der Waals surface area contributed by atoms with Gasteiger partial charge in [-0.2, -0.15) is 0 Å². The number of hydrogen-bond donors (Lipinski definition) is 0. The molecule has 0 saturated heterocycles. The SMILES string of the molecule is C=CC1CCCC(C=C)CC1. The molecule has 0 radical (unpaired) electrons. The van der Waals surface area contributed by atoms with Crippen LogP contribution in [0, 0.1) is 11.8 Å². The molecule has 1 rings (SSSR count). The summed E-state index contributed by atoms with van der Waals surface area (Å²) >= 11 is 0. The van der Waals surface area contributed by atoms with Crippen molar-refractivity contribution in [2.75, 3.05) is 0 Å². The van der Waals surface area contributed by atoms with E-state index in [1.807, 2.05) is 0 Å². The van der Waals surface area contributed by atoms with E-state index in [9.17, 15) is 0 Å². The van der Waals surface area contributed by atoms with Gasteiger partial charge in [-0.3, -0.25) is 0 Å². The highest BCUT2D eigenvalue weighted by atomic mass is 14.2. The highest BCUT2D eigenvalue weighted by Gasteiger charge is 2.13. The van der Waals surface area contributed by atoms with Crippen molar-refractivity contribution in [1.29, 1.82) is 0 Å². The lowest BCUT2D eigenvalue weighted by Gasteiger charge is -2.07. The van der Waals surface area contributed by atoms with E-state index >= 15 is 0 Å². The van der Waals surface area contributed by atoms with Crippen molar-refractivity contribution < 1.29 is 0 Å². The summed E-state index contributed by atoms with van der Waals surface area (Å²) in [7, 11) is 0. The fraction of sp³-hybridized carbons (Fsp3) is 0.636. The molecule has 0 aromatic heterocycles. The standard InChI is InChI=1S/C11H18/c1-3-10-6-5-7-11(4-2)9-8-10/h3-4,10-11H,1-2,5-9H2. The van der Waals surface area contributed by atoms with E-state index in [2.05, 4.69) is 25.3 Å². The Morgan fingerprint density at radius 1 is 0.818 bits per heavy atom. The summed E-state index contributed by atoms with van der Waals surface area (Å²) in [4.78, 5) is 0. The monoisotopic (exact) mass is 150 g/mol. The highest BCUT2D eigenvalue weighted by molar-refractivity contribution is 4.87. The maximum absolute atomic E-state index is 3.85. The van der Waals surface area contributed by atoms with Gasteiger partial charge in [-0.05, 0) is 37.5 Å². The Bertz CT molecular complexity index is 119. The maximum atomic E-state index is 3.85. The fourth-order valence-corrected chi connectivity index (χ4v) is 1.83. The van der Waals surface area contributed by atoms with Gasteiger partial charge in [0, 0.05) is 0 Å². The van der Waals surface area contributed by atoms with Gasteiger partial charge >= 0.3 is 0 Å². The molecule has 0 amide bonds. The molecule has 0 nitrogen and oxygen atoms in total. The van der Waals surface area contributed by atoms with Crippen molar-refractivity contribution in [1.82, 2.24) is 0 Å². The smallest absolute Gasteiger partial charge is 0.0236 e. The number of rotatable bonds is 2. The summed E-state index contributed by atoms with van der Waals surface area (Å²) in [5, 5.41) is 0. The molecule has 0 aliphatic heterocycles. The first-order valence-electron chi connectivity index (χ1n) is 4.62. The van der Waals surface area contributed by atoms with Gasteiger partial charge in [0.25, 0.3) is 0 Å². The first kappa shape index (κ1) is 8.58. The predicted molar refractivity (Wildman–Crippen MR) is 50.5 cm³/mol. The van der Waals surface area contributed by atoms with Gasteiger partial charge in [0.05, 0.1) is 0 Å². The van der Waals surface area contributed by atoms with E-state index in [1.165, 1.54) is 32.1 Å². The zero-order chi connectivity index (χ0) is 8.10. The van der Waals surface area contributed by atoms with Crippen molar-refractivity contribution in [3.05, 3.63) is 25.3 Å². The zero-order valence-corrected chi connectivity index (χ0v) is 7.26. The minimum Gasteiger partial charge on any atom is -0.103 e. The van der Waals surface area contributed by atoms with Gasteiger partial charge < -0.3 is 0 Å². The molecule has 1 aliphatic rings. The lowest BCUT2D eigenvalue weighted by molar-refractivity contribution is 0.536. The van der Waals surface area contributed by atoms with Gasteiger partial charge in [-0.15, -0.1) is 13.2 Å². The summed E-state index contributed by atoms with van der Waals surface area (Å²) in [6.07, 6.45) is 10.9.